The Morgan fingerprint density at radius 2 is 2.55 bits per heavy atom. The second-order valence-electron chi connectivity index (χ2n) is 2.26. The summed E-state index contributed by atoms with van der Waals surface area (Å²) in [6.45, 7) is 2.16. The first kappa shape index (κ1) is 9.13. The van der Waals surface area contributed by atoms with E-state index in [2.05, 4.69) is 11.9 Å². The molecule has 62 valence electrons. The molecule has 1 heterocycles. The molecule has 1 rings (SSSR count). The van der Waals surface area contributed by atoms with Crippen molar-refractivity contribution >= 4 is 33.8 Å². The van der Waals surface area contributed by atoms with Crippen LogP contribution in [0.1, 0.15) is 19.8 Å². The number of nitrogens with zero attached hydrogens (tertiary/aromatic N) is 1. The molecule has 0 N–H and O–H groups in total. The maximum absolute atomic E-state index is 10.7. The number of thioether (sulfide) groups is 2. The van der Waals surface area contributed by atoms with Gasteiger partial charge in [0.05, 0.1) is 5.75 Å². The highest BCUT2D eigenvalue weighted by Gasteiger charge is 2.13. The van der Waals surface area contributed by atoms with E-state index in [4.69, 9.17) is 0 Å². The van der Waals surface area contributed by atoms with Crippen LogP contribution in [0.25, 0.3) is 0 Å². The van der Waals surface area contributed by atoms with Crippen molar-refractivity contribution in [1.29, 1.82) is 0 Å². The molecule has 0 aromatic rings. The number of carbonyl (C=O) groups excluding carboxylic acids is 1. The lowest BCUT2D eigenvalue weighted by Crippen LogP contribution is -1.86. The fraction of sp³-hybridized carbons (Fsp3) is 0.714. The van der Waals surface area contributed by atoms with Crippen molar-refractivity contribution in [2.45, 2.75) is 19.8 Å². The lowest BCUT2D eigenvalue weighted by molar-refractivity contribution is -0.115. The number of aliphatic imine (C=N–C) groups is 1. The van der Waals surface area contributed by atoms with Gasteiger partial charge in [-0.1, -0.05) is 36.9 Å². The van der Waals surface area contributed by atoms with Crippen molar-refractivity contribution in [3.63, 3.8) is 0 Å². The van der Waals surface area contributed by atoms with Gasteiger partial charge in [-0.2, -0.15) is 4.99 Å². The van der Waals surface area contributed by atoms with E-state index >= 15 is 0 Å². The highest BCUT2D eigenvalue weighted by Crippen LogP contribution is 2.23. The first-order valence-electron chi connectivity index (χ1n) is 3.70. The van der Waals surface area contributed by atoms with E-state index in [-0.39, 0.29) is 5.91 Å². The zero-order valence-corrected chi connectivity index (χ0v) is 8.13. The van der Waals surface area contributed by atoms with Crippen LogP contribution in [0, 0.1) is 0 Å². The van der Waals surface area contributed by atoms with Crippen molar-refractivity contribution < 1.29 is 4.79 Å². The minimum atomic E-state index is 0.0222. The van der Waals surface area contributed by atoms with Crippen molar-refractivity contribution in [3.05, 3.63) is 0 Å². The number of rotatable bonds is 3. The number of hydrogen-bond acceptors (Lipinski definition) is 3. The molecule has 2 nitrogen and oxygen atoms in total. The molecular weight excluding hydrogens is 178 g/mol. The Morgan fingerprint density at radius 3 is 3.09 bits per heavy atom. The van der Waals surface area contributed by atoms with Crippen molar-refractivity contribution in [2.75, 3.05) is 11.5 Å². The molecule has 11 heavy (non-hydrogen) atoms. The molecule has 0 atom stereocenters. The monoisotopic (exact) mass is 189 g/mol. The third kappa shape index (κ3) is 3.29. The molecule has 0 aromatic carbocycles. The average Bonchev–Trinajstić information content (AvgIpc) is 2.37. The Hall–Kier alpha value is 0.0400. The molecular formula is C7H11NOS2. The molecule has 0 radical (unpaired) electrons. The van der Waals surface area contributed by atoms with E-state index in [1.807, 2.05) is 0 Å². The van der Waals surface area contributed by atoms with Crippen LogP contribution in [0.4, 0.5) is 0 Å². The number of amides is 1. The lowest BCUT2D eigenvalue weighted by atomic mass is 10.4. The van der Waals surface area contributed by atoms with Gasteiger partial charge in [0.1, 0.15) is 4.38 Å². The Balaban J connectivity index is 2.17. The molecule has 0 bridgehead atoms. The Bertz CT molecular complexity index is 179. The summed E-state index contributed by atoms with van der Waals surface area (Å²) in [6, 6.07) is 0. The van der Waals surface area contributed by atoms with Gasteiger partial charge in [0, 0.05) is 0 Å². The molecule has 0 aromatic heterocycles. The van der Waals surface area contributed by atoms with Gasteiger partial charge >= 0.3 is 0 Å². The van der Waals surface area contributed by atoms with Crippen LogP contribution in [0.3, 0.4) is 0 Å². The minimum absolute atomic E-state index is 0.0222. The van der Waals surface area contributed by atoms with E-state index in [0.717, 1.165) is 10.1 Å². The summed E-state index contributed by atoms with van der Waals surface area (Å²) in [5.41, 5.74) is 0. The predicted molar refractivity (Wildman–Crippen MR) is 52.3 cm³/mol. The Morgan fingerprint density at radius 1 is 1.73 bits per heavy atom. The third-order valence-electron chi connectivity index (χ3n) is 1.26. The smallest absolute Gasteiger partial charge is 0.257 e. The summed E-state index contributed by atoms with van der Waals surface area (Å²) in [7, 11) is 0. The molecule has 0 saturated heterocycles. The third-order valence-corrected chi connectivity index (χ3v) is 3.53. The van der Waals surface area contributed by atoms with Gasteiger partial charge in [-0.25, -0.2) is 0 Å². The fourth-order valence-corrected chi connectivity index (χ4v) is 2.68. The van der Waals surface area contributed by atoms with Crippen LogP contribution in [-0.2, 0) is 4.79 Å². The quantitative estimate of drug-likeness (QED) is 0.637. The van der Waals surface area contributed by atoms with Gasteiger partial charge in [0.25, 0.3) is 5.91 Å². The molecule has 4 heteroatoms. The number of hydrogen-bond donors (Lipinski definition) is 0. The maximum Gasteiger partial charge on any atom is 0.257 e. The summed E-state index contributed by atoms with van der Waals surface area (Å²) < 4.78 is 0.962. The van der Waals surface area contributed by atoms with Crippen LogP contribution >= 0.6 is 23.5 Å². The number of unbranched alkanes of at least 4 members (excludes halogenated alkanes) is 1. The highest BCUT2D eigenvalue weighted by molar-refractivity contribution is 8.39. The van der Waals surface area contributed by atoms with Gasteiger partial charge in [0.2, 0.25) is 0 Å². The van der Waals surface area contributed by atoms with E-state index in [1.165, 1.54) is 12.8 Å². The van der Waals surface area contributed by atoms with Crippen LogP contribution in [0.2, 0.25) is 0 Å². The van der Waals surface area contributed by atoms with E-state index in [1.54, 1.807) is 23.5 Å². The fourth-order valence-electron chi connectivity index (χ4n) is 0.668. The van der Waals surface area contributed by atoms with Gasteiger partial charge in [-0.3, -0.25) is 4.79 Å². The largest absolute Gasteiger partial charge is 0.272 e. The predicted octanol–water partition coefficient (Wildman–Crippen LogP) is 2.15. The van der Waals surface area contributed by atoms with Crippen molar-refractivity contribution in [2.24, 2.45) is 4.99 Å². The number of carbonyl (C=O) groups is 1. The average molecular weight is 189 g/mol. The minimum Gasteiger partial charge on any atom is -0.272 e. The summed E-state index contributed by atoms with van der Waals surface area (Å²) in [5, 5.41) is 0. The molecule has 1 aliphatic heterocycles. The molecule has 0 aliphatic carbocycles. The lowest BCUT2D eigenvalue weighted by Gasteiger charge is -1.95. The standard InChI is InChI=1S/C7H11NOS2/c1-2-3-4-10-7-8-6(9)5-11-7/h2-5H2,1H3. The topological polar surface area (TPSA) is 29.4 Å². The summed E-state index contributed by atoms with van der Waals surface area (Å²) in [4.78, 5) is 14.5. The van der Waals surface area contributed by atoms with E-state index in [9.17, 15) is 4.79 Å². The summed E-state index contributed by atoms with van der Waals surface area (Å²) >= 11 is 3.27. The zero-order chi connectivity index (χ0) is 8.10. The van der Waals surface area contributed by atoms with Gasteiger partial charge in [-0.05, 0) is 12.2 Å². The zero-order valence-electron chi connectivity index (χ0n) is 6.50. The Kier molecular flexibility index (Phi) is 4.01. The first-order valence-corrected chi connectivity index (χ1v) is 5.67. The van der Waals surface area contributed by atoms with Crippen LogP contribution in [0.5, 0.6) is 0 Å². The summed E-state index contributed by atoms with van der Waals surface area (Å²) in [5.74, 6) is 1.67. The summed E-state index contributed by atoms with van der Waals surface area (Å²) in [6.07, 6.45) is 2.41. The molecule has 1 aliphatic rings. The normalized spacial score (nSPS) is 17.2. The molecule has 1 amide bonds. The molecule has 0 unspecified atom stereocenters. The molecule has 0 saturated carbocycles. The van der Waals surface area contributed by atoms with Crippen LogP contribution < -0.4 is 0 Å². The second-order valence-corrected chi connectivity index (χ2v) is 4.57. The Labute approximate surface area is 75.2 Å². The van der Waals surface area contributed by atoms with Gasteiger partial charge in [0.15, 0.2) is 0 Å². The second kappa shape index (κ2) is 4.83. The highest BCUT2D eigenvalue weighted by atomic mass is 32.2. The van der Waals surface area contributed by atoms with Crippen LogP contribution in [-0.4, -0.2) is 21.8 Å². The van der Waals surface area contributed by atoms with Crippen LogP contribution in [0.15, 0.2) is 4.99 Å². The van der Waals surface area contributed by atoms with Gasteiger partial charge < -0.3 is 0 Å². The van der Waals surface area contributed by atoms with Crippen molar-refractivity contribution in [1.82, 2.24) is 0 Å². The molecule has 0 fully saturated rings. The first-order chi connectivity index (χ1) is 5.33. The van der Waals surface area contributed by atoms with E-state index in [0.29, 0.717) is 5.75 Å². The maximum atomic E-state index is 10.7. The van der Waals surface area contributed by atoms with Crippen molar-refractivity contribution in [3.8, 4) is 0 Å². The van der Waals surface area contributed by atoms with E-state index < -0.39 is 0 Å². The molecule has 0 spiro atoms. The van der Waals surface area contributed by atoms with Gasteiger partial charge in [-0.15, -0.1) is 0 Å². The SMILES string of the molecule is CCCCSC1=NC(=O)CS1.